The van der Waals surface area contributed by atoms with E-state index in [1.54, 1.807) is 0 Å². The summed E-state index contributed by atoms with van der Waals surface area (Å²) in [5.74, 6) is 0.689. The van der Waals surface area contributed by atoms with Gasteiger partial charge in [0, 0.05) is 38.4 Å². The van der Waals surface area contributed by atoms with Gasteiger partial charge in [0.1, 0.15) is 0 Å². The maximum absolute atomic E-state index is 5.28. The third-order valence-electron chi connectivity index (χ3n) is 11.9. The number of rotatable bonds is 5. The van der Waals surface area contributed by atoms with Gasteiger partial charge in [-0.2, -0.15) is 0 Å². The summed E-state index contributed by atoms with van der Waals surface area (Å²) in [5.41, 5.74) is 18.2. The lowest BCUT2D eigenvalue weighted by Gasteiger charge is -2.19. The fourth-order valence-electron chi connectivity index (χ4n) is 8.90. The van der Waals surface area contributed by atoms with Gasteiger partial charge in [0.15, 0.2) is 0 Å². The van der Waals surface area contributed by atoms with Crippen molar-refractivity contribution in [3.8, 4) is 45.3 Å². The molecule has 3 heterocycles. The lowest BCUT2D eigenvalue weighted by Crippen LogP contribution is -2.09. The molecule has 12 rings (SSSR count). The van der Waals surface area contributed by atoms with Crippen LogP contribution in [0.15, 0.2) is 158 Å². The van der Waals surface area contributed by atoms with Gasteiger partial charge in [-0.25, -0.2) is 9.97 Å². The monoisotopic (exact) mass is 690 g/mol. The minimum absolute atomic E-state index is 0.689. The third-order valence-corrected chi connectivity index (χ3v) is 11.9. The van der Waals surface area contributed by atoms with Crippen molar-refractivity contribution in [1.29, 1.82) is 0 Å². The lowest BCUT2D eigenvalue weighted by atomic mass is 9.87. The Morgan fingerprint density at radius 1 is 0.333 bits per heavy atom. The van der Waals surface area contributed by atoms with Crippen LogP contribution < -0.4 is 0 Å². The number of hydrogen-bond donors (Lipinski definition) is 0. The summed E-state index contributed by atoms with van der Waals surface area (Å²) in [4.78, 5) is 10.6. The molecule has 254 valence electrons. The normalized spacial score (nSPS) is 13.3. The maximum atomic E-state index is 5.28. The van der Waals surface area contributed by atoms with Crippen molar-refractivity contribution in [3.63, 3.8) is 0 Å². The first kappa shape index (κ1) is 29.8. The van der Waals surface area contributed by atoms with E-state index >= 15 is 0 Å². The van der Waals surface area contributed by atoms with Crippen molar-refractivity contribution in [3.05, 3.63) is 180 Å². The molecule has 0 amide bonds. The Balaban J connectivity index is 1.08. The van der Waals surface area contributed by atoms with Gasteiger partial charge < -0.3 is 4.57 Å². The molecule has 0 N–H and O–H groups in total. The SMILES string of the molecule is c1ccc(-c2cc(-c3ccccc3)nc(-n3c4ccc(-c5ccc6c(c5)c5cc7c(cc5n6-c5ccccc5)CC7)cc4c4cc5c(cc43)CC5)n2)cc1. The molecule has 4 heteroatoms. The highest BCUT2D eigenvalue weighted by atomic mass is 15.2. The first-order valence-corrected chi connectivity index (χ1v) is 19.0. The van der Waals surface area contributed by atoms with Crippen LogP contribution in [0.1, 0.15) is 22.3 Å². The van der Waals surface area contributed by atoms with Crippen molar-refractivity contribution in [2.45, 2.75) is 25.7 Å². The summed E-state index contributed by atoms with van der Waals surface area (Å²) >= 11 is 0. The Labute approximate surface area is 312 Å². The highest BCUT2D eigenvalue weighted by Gasteiger charge is 2.23. The van der Waals surface area contributed by atoms with Gasteiger partial charge in [0.2, 0.25) is 5.95 Å². The molecule has 0 aliphatic heterocycles. The summed E-state index contributed by atoms with van der Waals surface area (Å²) in [6, 6.07) is 57.5. The number of para-hydroxylation sites is 1. The van der Waals surface area contributed by atoms with E-state index in [1.807, 2.05) is 0 Å². The molecule has 0 saturated carbocycles. The Morgan fingerprint density at radius 2 is 0.759 bits per heavy atom. The fourth-order valence-corrected chi connectivity index (χ4v) is 8.90. The predicted octanol–water partition coefficient (Wildman–Crippen LogP) is 11.9. The van der Waals surface area contributed by atoms with Gasteiger partial charge in [0.05, 0.1) is 33.5 Å². The van der Waals surface area contributed by atoms with Gasteiger partial charge in [-0.15, -0.1) is 0 Å². The van der Waals surface area contributed by atoms with E-state index < -0.39 is 0 Å². The minimum Gasteiger partial charge on any atom is -0.309 e. The molecule has 0 atom stereocenters. The average Bonchev–Trinajstić information content (AvgIpc) is 3.70. The van der Waals surface area contributed by atoms with Gasteiger partial charge >= 0.3 is 0 Å². The second kappa shape index (κ2) is 11.4. The topological polar surface area (TPSA) is 35.6 Å². The fraction of sp³-hybridized carbons (Fsp3) is 0.0800. The molecular formula is C50H34N4. The number of nitrogens with zero attached hydrogens (tertiary/aromatic N) is 4. The van der Waals surface area contributed by atoms with E-state index in [4.69, 9.17) is 9.97 Å². The molecule has 2 aliphatic rings. The van der Waals surface area contributed by atoms with Crippen LogP contribution >= 0.6 is 0 Å². The second-order valence-electron chi connectivity index (χ2n) is 14.9. The summed E-state index contributed by atoms with van der Waals surface area (Å²) in [5, 5.41) is 5.10. The van der Waals surface area contributed by atoms with E-state index in [0.29, 0.717) is 5.95 Å². The van der Waals surface area contributed by atoms with Crippen molar-refractivity contribution in [1.82, 2.24) is 19.1 Å². The summed E-state index contributed by atoms with van der Waals surface area (Å²) in [7, 11) is 0. The molecule has 4 nitrogen and oxygen atoms in total. The molecule has 2 aliphatic carbocycles. The Morgan fingerprint density at radius 3 is 1.26 bits per heavy atom. The zero-order chi connectivity index (χ0) is 35.3. The van der Waals surface area contributed by atoms with Crippen LogP contribution in [-0.2, 0) is 25.7 Å². The van der Waals surface area contributed by atoms with Gasteiger partial charge in [-0.1, -0.05) is 91.0 Å². The van der Waals surface area contributed by atoms with Crippen LogP contribution in [0.5, 0.6) is 0 Å². The standard InChI is InChI=1S/C50H34N4/c1-4-10-31(11-5-1)44-30-45(32-12-6-2-7-13-32)52-50(51-44)54-47-23-21-36(25-41(47)43-27-34-17-19-38(34)29-49(43)54)35-20-22-46-40(24-35)42-26-33-16-18-37(33)28-48(42)53(46)39-14-8-3-9-15-39/h1-15,20-30H,16-19H2. The molecule has 0 radical (unpaired) electrons. The average molecular weight is 691 g/mol. The lowest BCUT2D eigenvalue weighted by molar-refractivity contribution is 0.842. The van der Waals surface area contributed by atoms with E-state index in [2.05, 4.69) is 167 Å². The molecule has 0 spiro atoms. The van der Waals surface area contributed by atoms with E-state index in [0.717, 1.165) is 52.8 Å². The number of hydrogen-bond acceptors (Lipinski definition) is 2. The molecule has 3 aromatic heterocycles. The van der Waals surface area contributed by atoms with Crippen LogP contribution in [-0.4, -0.2) is 19.1 Å². The first-order chi connectivity index (χ1) is 26.7. The largest absolute Gasteiger partial charge is 0.309 e. The maximum Gasteiger partial charge on any atom is 0.235 e. The summed E-state index contributed by atoms with van der Waals surface area (Å²) in [6.45, 7) is 0. The molecule has 10 aromatic rings. The molecule has 0 saturated heterocycles. The van der Waals surface area contributed by atoms with Crippen molar-refractivity contribution in [2.75, 3.05) is 0 Å². The molecular weight excluding hydrogens is 657 g/mol. The van der Waals surface area contributed by atoms with Crippen LogP contribution in [0.2, 0.25) is 0 Å². The van der Waals surface area contributed by atoms with E-state index in [1.165, 1.54) is 78.1 Å². The quantitative estimate of drug-likeness (QED) is 0.180. The van der Waals surface area contributed by atoms with Gasteiger partial charge in [-0.3, -0.25) is 4.57 Å². The van der Waals surface area contributed by atoms with Crippen molar-refractivity contribution >= 4 is 43.6 Å². The molecule has 0 bridgehead atoms. The molecule has 54 heavy (non-hydrogen) atoms. The van der Waals surface area contributed by atoms with Crippen LogP contribution in [0.4, 0.5) is 0 Å². The Hall–Kier alpha value is -6.78. The molecule has 0 fully saturated rings. The Bertz CT molecular complexity index is 3080. The number of fused-ring (bicyclic) bond motifs is 8. The van der Waals surface area contributed by atoms with Crippen LogP contribution in [0.3, 0.4) is 0 Å². The van der Waals surface area contributed by atoms with Crippen LogP contribution in [0.25, 0.3) is 88.9 Å². The van der Waals surface area contributed by atoms with Crippen LogP contribution in [0, 0.1) is 0 Å². The zero-order valence-electron chi connectivity index (χ0n) is 29.6. The third kappa shape index (κ3) is 4.43. The number of benzene rings is 7. The molecule has 7 aromatic carbocycles. The van der Waals surface area contributed by atoms with Gasteiger partial charge in [0.25, 0.3) is 0 Å². The van der Waals surface area contributed by atoms with Gasteiger partial charge in [-0.05, 0) is 126 Å². The van der Waals surface area contributed by atoms with E-state index in [-0.39, 0.29) is 0 Å². The minimum atomic E-state index is 0.689. The number of aryl methyl sites for hydroxylation is 4. The predicted molar refractivity (Wildman–Crippen MR) is 222 cm³/mol. The number of aromatic nitrogens is 4. The first-order valence-electron chi connectivity index (χ1n) is 19.0. The van der Waals surface area contributed by atoms with Crippen molar-refractivity contribution in [2.24, 2.45) is 0 Å². The zero-order valence-corrected chi connectivity index (χ0v) is 29.6. The highest BCUT2D eigenvalue weighted by Crippen LogP contribution is 2.41. The van der Waals surface area contributed by atoms with Crippen molar-refractivity contribution < 1.29 is 0 Å². The van der Waals surface area contributed by atoms with E-state index in [9.17, 15) is 0 Å². The summed E-state index contributed by atoms with van der Waals surface area (Å²) in [6.07, 6.45) is 4.57. The smallest absolute Gasteiger partial charge is 0.235 e. The highest BCUT2D eigenvalue weighted by molar-refractivity contribution is 6.13. The summed E-state index contributed by atoms with van der Waals surface area (Å²) < 4.78 is 4.73. The molecule has 0 unspecified atom stereocenters. The Kier molecular flexibility index (Phi) is 6.26. The second-order valence-corrected chi connectivity index (χ2v) is 14.9.